The first-order valence-electron chi connectivity index (χ1n) is 5.84. The molecular weight excluding hydrogens is 216 g/mol. The second-order valence-electron chi connectivity index (χ2n) is 4.44. The van der Waals surface area contributed by atoms with Crippen LogP contribution in [0.1, 0.15) is 12.0 Å². The zero-order valence-electron chi connectivity index (χ0n) is 9.56. The first kappa shape index (κ1) is 10.6. The lowest BCUT2D eigenvalue weighted by Crippen LogP contribution is -2.34. The van der Waals surface area contributed by atoms with Gasteiger partial charge in [-0.25, -0.2) is 0 Å². The third-order valence-corrected chi connectivity index (χ3v) is 3.37. The number of rotatable bonds is 1. The first-order chi connectivity index (χ1) is 8.31. The van der Waals surface area contributed by atoms with Gasteiger partial charge in [-0.2, -0.15) is 5.26 Å². The Balaban J connectivity index is 1.75. The summed E-state index contributed by atoms with van der Waals surface area (Å²) < 4.78 is 11.4. The average Bonchev–Trinajstić information content (AvgIpc) is 3.01. The molecule has 0 amide bonds. The molecule has 4 nitrogen and oxygen atoms in total. The number of anilines is 1. The molecule has 0 bridgehead atoms. The van der Waals surface area contributed by atoms with Gasteiger partial charge in [-0.3, -0.25) is 0 Å². The smallest absolute Gasteiger partial charge is 0.187 e. The highest BCUT2D eigenvalue weighted by atomic mass is 16.7. The summed E-state index contributed by atoms with van der Waals surface area (Å²) in [6.07, 6.45) is 0.910. The minimum absolute atomic E-state index is 0.381. The molecule has 0 unspecified atom stereocenters. The van der Waals surface area contributed by atoms with Crippen molar-refractivity contribution in [3.05, 3.63) is 29.8 Å². The molecule has 0 radical (unpaired) electrons. The number of ether oxygens (including phenoxy) is 2. The maximum absolute atomic E-state index is 8.76. The van der Waals surface area contributed by atoms with Crippen molar-refractivity contribution in [2.45, 2.75) is 12.2 Å². The van der Waals surface area contributed by atoms with Crippen LogP contribution < -0.4 is 4.90 Å². The predicted molar refractivity (Wildman–Crippen MR) is 62.6 cm³/mol. The minimum Gasteiger partial charge on any atom is -0.366 e. The molecule has 1 spiro atoms. The van der Waals surface area contributed by atoms with Crippen LogP contribution in [-0.2, 0) is 9.47 Å². The van der Waals surface area contributed by atoms with Crippen molar-refractivity contribution in [3.63, 3.8) is 0 Å². The van der Waals surface area contributed by atoms with Gasteiger partial charge in [0.25, 0.3) is 0 Å². The first-order valence-corrected chi connectivity index (χ1v) is 5.84. The number of benzene rings is 1. The molecule has 2 fully saturated rings. The maximum atomic E-state index is 8.76. The lowest BCUT2D eigenvalue weighted by atomic mass is 10.2. The van der Waals surface area contributed by atoms with Crippen molar-refractivity contribution in [1.29, 1.82) is 5.26 Å². The Labute approximate surface area is 100 Å². The summed E-state index contributed by atoms with van der Waals surface area (Å²) in [5.41, 5.74) is 1.82. The van der Waals surface area contributed by atoms with Gasteiger partial charge in [-0.15, -0.1) is 0 Å². The third kappa shape index (κ3) is 1.88. The summed E-state index contributed by atoms with van der Waals surface area (Å²) in [6.45, 7) is 3.10. The number of nitrogens with zero attached hydrogens (tertiary/aromatic N) is 2. The molecule has 1 aromatic carbocycles. The van der Waals surface area contributed by atoms with Gasteiger partial charge in [0.15, 0.2) is 5.79 Å². The molecule has 2 aliphatic rings. The normalized spacial score (nSPS) is 21.9. The summed E-state index contributed by atoms with van der Waals surface area (Å²) >= 11 is 0. The van der Waals surface area contributed by atoms with Crippen molar-refractivity contribution in [3.8, 4) is 6.07 Å². The highest BCUT2D eigenvalue weighted by Crippen LogP contribution is 2.33. The minimum atomic E-state index is -0.381. The van der Waals surface area contributed by atoms with Crippen LogP contribution >= 0.6 is 0 Å². The van der Waals surface area contributed by atoms with E-state index >= 15 is 0 Å². The lowest BCUT2D eigenvalue weighted by molar-refractivity contribution is -0.137. The van der Waals surface area contributed by atoms with E-state index in [4.69, 9.17) is 14.7 Å². The van der Waals surface area contributed by atoms with Crippen LogP contribution in [0.4, 0.5) is 5.69 Å². The van der Waals surface area contributed by atoms with Crippen molar-refractivity contribution in [1.82, 2.24) is 0 Å². The van der Waals surface area contributed by atoms with Gasteiger partial charge < -0.3 is 14.4 Å². The fourth-order valence-electron chi connectivity index (χ4n) is 2.45. The number of hydrogen-bond acceptors (Lipinski definition) is 4. The zero-order valence-corrected chi connectivity index (χ0v) is 9.56. The van der Waals surface area contributed by atoms with Crippen LogP contribution in [0.3, 0.4) is 0 Å². The van der Waals surface area contributed by atoms with Crippen molar-refractivity contribution in [2.75, 3.05) is 31.2 Å². The van der Waals surface area contributed by atoms with Crippen LogP contribution in [0, 0.1) is 11.3 Å². The Morgan fingerprint density at radius 1 is 1.18 bits per heavy atom. The topological polar surface area (TPSA) is 45.5 Å². The number of nitriles is 1. The number of hydrogen-bond donors (Lipinski definition) is 0. The Morgan fingerprint density at radius 2 is 1.88 bits per heavy atom. The van der Waals surface area contributed by atoms with E-state index in [1.54, 1.807) is 0 Å². The van der Waals surface area contributed by atoms with Crippen LogP contribution in [0.25, 0.3) is 0 Å². The van der Waals surface area contributed by atoms with E-state index in [2.05, 4.69) is 11.0 Å². The molecule has 2 aliphatic heterocycles. The van der Waals surface area contributed by atoms with Crippen LogP contribution in [0.2, 0.25) is 0 Å². The molecule has 1 aromatic rings. The van der Waals surface area contributed by atoms with Gasteiger partial charge in [0, 0.05) is 18.7 Å². The molecule has 88 valence electrons. The zero-order chi connectivity index (χ0) is 11.7. The van der Waals surface area contributed by atoms with Crippen LogP contribution in [0.15, 0.2) is 24.3 Å². The quantitative estimate of drug-likeness (QED) is 0.733. The van der Waals surface area contributed by atoms with E-state index < -0.39 is 0 Å². The van der Waals surface area contributed by atoms with E-state index in [1.807, 2.05) is 24.3 Å². The average molecular weight is 230 g/mol. The Hall–Kier alpha value is -1.57. The molecular formula is C13H14N2O2. The fraction of sp³-hybridized carbons (Fsp3) is 0.462. The van der Waals surface area contributed by atoms with Crippen molar-refractivity contribution < 1.29 is 9.47 Å². The molecule has 0 N–H and O–H groups in total. The van der Waals surface area contributed by atoms with Gasteiger partial charge in [0.2, 0.25) is 0 Å². The maximum Gasteiger partial charge on any atom is 0.187 e. The SMILES string of the molecule is N#Cc1ccc(N2CCC3(C2)OCCO3)cc1. The largest absolute Gasteiger partial charge is 0.366 e. The molecule has 4 heteroatoms. The standard InChI is InChI=1S/C13H14N2O2/c14-9-11-1-3-12(4-2-11)15-6-5-13(10-15)16-7-8-17-13/h1-4H,5-8,10H2. The summed E-state index contributed by atoms with van der Waals surface area (Å²) in [7, 11) is 0. The third-order valence-electron chi connectivity index (χ3n) is 3.37. The van der Waals surface area contributed by atoms with E-state index in [1.165, 1.54) is 0 Å². The summed E-state index contributed by atoms with van der Waals surface area (Å²) in [6, 6.07) is 9.77. The second kappa shape index (κ2) is 4.02. The fourth-order valence-corrected chi connectivity index (χ4v) is 2.45. The highest BCUT2D eigenvalue weighted by Gasteiger charge is 2.43. The Morgan fingerprint density at radius 3 is 2.53 bits per heavy atom. The molecule has 0 saturated carbocycles. The molecule has 2 saturated heterocycles. The van der Waals surface area contributed by atoms with Gasteiger partial charge >= 0.3 is 0 Å². The van der Waals surface area contributed by atoms with Gasteiger partial charge in [0.05, 0.1) is 31.4 Å². The van der Waals surface area contributed by atoms with E-state index in [0.29, 0.717) is 18.8 Å². The Kier molecular flexibility index (Phi) is 2.50. The van der Waals surface area contributed by atoms with Crippen molar-refractivity contribution >= 4 is 5.69 Å². The lowest BCUT2D eigenvalue weighted by Gasteiger charge is -2.23. The summed E-state index contributed by atoms with van der Waals surface area (Å²) in [4.78, 5) is 2.24. The summed E-state index contributed by atoms with van der Waals surface area (Å²) in [5, 5.41) is 8.76. The van der Waals surface area contributed by atoms with Gasteiger partial charge in [-0.1, -0.05) is 0 Å². The van der Waals surface area contributed by atoms with Crippen LogP contribution in [-0.4, -0.2) is 32.1 Å². The predicted octanol–water partition coefficient (Wildman–Crippen LogP) is 1.51. The molecule has 0 aliphatic carbocycles. The monoisotopic (exact) mass is 230 g/mol. The van der Waals surface area contributed by atoms with E-state index in [0.717, 1.165) is 25.2 Å². The van der Waals surface area contributed by atoms with Crippen LogP contribution in [0.5, 0.6) is 0 Å². The Bertz CT molecular complexity index is 443. The van der Waals surface area contributed by atoms with Crippen molar-refractivity contribution in [2.24, 2.45) is 0 Å². The molecule has 0 aromatic heterocycles. The van der Waals surface area contributed by atoms with Gasteiger partial charge in [-0.05, 0) is 24.3 Å². The molecule has 0 atom stereocenters. The summed E-state index contributed by atoms with van der Waals surface area (Å²) in [5.74, 6) is -0.381. The molecule has 2 heterocycles. The molecule has 3 rings (SSSR count). The molecule has 17 heavy (non-hydrogen) atoms. The van der Waals surface area contributed by atoms with E-state index in [-0.39, 0.29) is 5.79 Å². The second-order valence-corrected chi connectivity index (χ2v) is 4.44. The highest BCUT2D eigenvalue weighted by molar-refractivity contribution is 5.50. The van der Waals surface area contributed by atoms with E-state index in [9.17, 15) is 0 Å². The van der Waals surface area contributed by atoms with Gasteiger partial charge in [0.1, 0.15) is 0 Å².